The topological polar surface area (TPSA) is 76.7 Å². The molecule has 0 saturated carbocycles. The van der Waals surface area contributed by atoms with Gasteiger partial charge in [0.25, 0.3) is 0 Å². The summed E-state index contributed by atoms with van der Waals surface area (Å²) < 4.78 is 36.6. The van der Waals surface area contributed by atoms with E-state index in [4.69, 9.17) is 9.47 Å². The van der Waals surface area contributed by atoms with Crippen molar-refractivity contribution in [3.8, 4) is 11.5 Å². The molecular weight excluding hydrogens is 346 g/mol. The number of carbonyl (C=O) groups excluding carboxylic acids is 2. The number of amides is 2. The minimum atomic E-state index is -1.05. The van der Waals surface area contributed by atoms with Crippen LogP contribution in [0, 0.1) is 11.6 Å². The molecule has 2 N–H and O–H groups in total. The molecule has 0 aromatic heterocycles. The quantitative estimate of drug-likeness (QED) is 0.800. The van der Waals surface area contributed by atoms with Crippen LogP contribution in [0.2, 0.25) is 0 Å². The highest BCUT2D eigenvalue weighted by Crippen LogP contribution is 2.29. The van der Waals surface area contributed by atoms with E-state index in [1.807, 2.05) is 0 Å². The highest BCUT2D eigenvalue weighted by molar-refractivity contribution is 6.39. The van der Waals surface area contributed by atoms with Crippen LogP contribution in [0.3, 0.4) is 0 Å². The number of rotatable bonds is 5. The highest BCUT2D eigenvalue weighted by Gasteiger charge is 2.20. The zero-order chi connectivity index (χ0) is 19.3. The number of ether oxygens (including phenoxy) is 2. The Bertz CT molecular complexity index is 807. The molecule has 0 heterocycles. The van der Waals surface area contributed by atoms with E-state index in [0.717, 1.165) is 12.1 Å². The van der Waals surface area contributed by atoms with Crippen LogP contribution in [-0.4, -0.2) is 26.0 Å². The summed E-state index contributed by atoms with van der Waals surface area (Å²) >= 11 is 0. The maximum absolute atomic E-state index is 13.1. The van der Waals surface area contributed by atoms with Crippen LogP contribution >= 0.6 is 0 Å². The van der Waals surface area contributed by atoms with Crippen molar-refractivity contribution >= 4 is 17.5 Å². The van der Waals surface area contributed by atoms with Gasteiger partial charge in [-0.05, 0) is 31.2 Å². The van der Waals surface area contributed by atoms with Gasteiger partial charge in [0.05, 0.1) is 20.3 Å². The minimum absolute atomic E-state index is 0.155. The van der Waals surface area contributed by atoms with Gasteiger partial charge in [0.1, 0.15) is 23.1 Å². The molecule has 0 spiro atoms. The van der Waals surface area contributed by atoms with E-state index < -0.39 is 29.5 Å². The second-order valence-electron chi connectivity index (χ2n) is 5.42. The van der Waals surface area contributed by atoms with Crippen LogP contribution < -0.4 is 20.1 Å². The Kier molecular flexibility index (Phi) is 6.11. The Labute approximate surface area is 149 Å². The number of hydrogen-bond acceptors (Lipinski definition) is 4. The summed E-state index contributed by atoms with van der Waals surface area (Å²) in [6, 6.07) is 6.95. The predicted octanol–water partition coefficient (Wildman–Crippen LogP) is 2.80. The van der Waals surface area contributed by atoms with Crippen LogP contribution in [-0.2, 0) is 9.59 Å². The summed E-state index contributed by atoms with van der Waals surface area (Å²) in [5.74, 6) is -2.68. The van der Waals surface area contributed by atoms with Crippen LogP contribution in [0.4, 0.5) is 14.5 Å². The minimum Gasteiger partial charge on any atom is -0.497 e. The number of hydrogen-bond donors (Lipinski definition) is 2. The molecule has 0 saturated heterocycles. The van der Waals surface area contributed by atoms with Gasteiger partial charge in [0.15, 0.2) is 0 Å². The summed E-state index contributed by atoms with van der Waals surface area (Å²) in [5.41, 5.74) is 0.476. The average Bonchev–Trinajstić information content (AvgIpc) is 2.59. The van der Waals surface area contributed by atoms with Crippen molar-refractivity contribution in [2.24, 2.45) is 0 Å². The summed E-state index contributed by atoms with van der Waals surface area (Å²) in [5, 5.41) is 4.64. The Balaban J connectivity index is 2.07. The molecule has 0 bridgehead atoms. The van der Waals surface area contributed by atoms with E-state index in [0.29, 0.717) is 23.1 Å². The largest absolute Gasteiger partial charge is 0.497 e. The Morgan fingerprint density at radius 2 is 1.62 bits per heavy atom. The molecule has 6 nitrogen and oxygen atoms in total. The monoisotopic (exact) mass is 364 g/mol. The number of benzene rings is 2. The van der Waals surface area contributed by atoms with Gasteiger partial charge in [-0.3, -0.25) is 9.59 Å². The first-order valence-electron chi connectivity index (χ1n) is 7.64. The number of carbonyl (C=O) groups is 2. The van der Waals surface area contributed by atoms with Crippen LogP contribution in [0.15, 0.2) is 36.4 Å². The van der Waals surface area contributed by atoms with Crippen molar-refractivity contribution in [1.82, 2.24) is 5.32 Å². The third-order valence-corrected chi connectivity index (χ3v) is 3.58. The lowest BCUT2D eigenvalue weighted by Gasteiger charge is -2.18. The van der Waals surface area contributed by atoms with E-state index in [9.17, 15) is 18.4 Å². The maximum atomic E-state index is 13.1. The van der Waals surface area contributed by atoms with Crippen molar-refractivity contribution in [2.75, 3.05) is 19.5 Å². The third-order valence-electron chi connectivity index (χ3n) is 3.58. The number of nitrogens with one attached hydrogen (secondary N) is 2. The van der Waals surface area contributed by atoms with Crippen molar-refractivity contribution in [3.05, 3.63) is 53.6 Å². The molecule has 2 aromatic carbocycles. The molecule has 1 atom stereocenters. The summed E-state index contributed by atoms with van der Waals surface area (Å²) in [7, 11) is 2.98. The van der Waals surface area contributed by atoms with Gasteiger partial charge in [-0.1, -0.05) is 0 Å². The highest BCUT2D eigenvalue weighted by atomic mass is 19.1. The SMILES string of the molecule is COc1ccc([C@H](C)NC(=O)C(=O)Nc2cc(F)cc(F)c2)c(OC)c1. The van der Waals surface area contributed by atoms with Crippen molar-refractivity contribution in [1.29, 1.82) is 0 Å². The first-order valence-corrected chi connectivity index (χ1v) is 7.64. The lowest BCUT2D eigenvalue weighted by Crippen LogP contribution is -2.37. The number of halogens is 2. The molecule has 2 aromatic rings. The number of anilines is 1. The van der Waals surface area contributed by atoms with Crippen LogP contribution in [0.1, 0.15) is 18.5 Å². The normalized spacial score (nSPS) is 11.4. The molecule has 138 valence electrons. The van der Waals surface area contributed by atoms with Crippen molar-refractivity contribution < 1.29 is 27.8 Å². The second kappa shape index (κ2) is 8.28. The molecular formula is C18H18F2N2O4. The lowest BCUT2D eigenvalue weighted by atomic mass is 10.1. The van der Waals surface area contributed by atoms with Crippen molar-refractivity contribution in [3.63, 3.8) is 0 Å². The summed E-state index contributed by atoms with van der Waals surface area (Å²) in [6.07, 6.45) is 0. The molecule has 2 rings (SSSR count). The molecule has 0 aliphatic carbocycles. The molecule has 26 heavy (non-hydrogen) atoms. The lowest BCUT2D eigenvalue weighted by molar-refractivity contribution is -0.136. The van der Waals surface area contributed by atoms with E-state index in [2.05, 4.69) is 10.6 Å². The van der Waals surface area contributed by atoms with Gasteiger partial charge in [0, 0.05) is 23.4 Å². The second-order valence-corrected chi connectivity index (χ2v) is 5.42. The van der Waals surface area contributed by atoms with Gasteiger partial charge in [-0.15, -0.1) is 0 Å². The Morgan fingerprint density at radius 3 is 2.19 bits per heavy atom. The van der Waals surface area contributed by atoms with Crippen LogP contribution in [0.5, 0.6) is 11.5 Å². The molecule has 0 radical (unpaired) electrons. The number of methoxy groups -OCH3 is 2. The molecule has 0 fully saturated rings. The predicted molar refractivity (Wildman–Crippen MR) is 91.1 cm³/mol. The fourth-order valence-corrected chi connectivity index (χ4v) is 2.33. The zero-order valence-electron chi connectivity index (χ0n) is 14.4. The Morgan fingerprint density at radius 1 is 0.962 bits per heavy atom. The fraction of sp³-hybridized carbons (Fsp3) is 0.222. The van der Waals surface area contributed by atoms with Gasteiger partial charge < -0.3 is 20.1 Å². The maximum Gasteiger partial charge on any atom is 0.313 e. The smallest absolute Gasteiger partial charge is 0.313 e. The first-order chi connectivity index (χ1) is 12.3. The van der Waals surface area contributed by atoms with E-state index in [1.165, 1.54) is 14.2 Å². The third kappa shape index (κ3) is 4.69. The van der Waals surface area contributed by atoms with E-state index >= 15 is 0 Å². The molecule has 0 aliphatic heterocycles. The molecule has 2 amide bonds. The van der Waals surface area contributed by atoms with Gasteiger partial charge in [-0.2, -0.15) is 0 Å². The average molecular weight is 364 g/mol. The fourth-order valence-electron chi connectivity index (χ4n) is 2.33. The summed E-state index contributed by atoms with van der Waals surface area (Å²) in [6.45, 7) is 1.66. The first kappa shape index (κ1) is 19.2. The Hall–Kier alpha value is -3.16. The van der Waals surface area contributed by atoms with Crippen LogP contribution in [0.25, 0.3) is 0 Å². The summed E-state index contributed by atoms with van der Waals surface area (Å²) in [4.78, 5) is 24.0. The molecule has 0 unspecified atom stereocenters. The molecule has 0 aliphatic rings. The van der Waals surface area contributed by atoms with Gasteiger partial charge >= 0.3 is 11.8 Å². The standard InChI is InChI=1S/C18H18F2N2O4/c1-10(15-5-4-14(25-2)9-16(15)26-3)21-17(23)18(24)22-13-7-11(19)6-12(20)8-13/h4-10H,1-3H3,(H,21,23)(H,22,24)/t10-/m0/s1. The zero-order valence-corrected chi connectivity index (χ0v) is 14.4. The van der Waals surface area contributed by atoms with E-state index in [-0.39, 0.29) is 5.69 Å². The van der Waals surface area contributed by atoms with E-state index in [1.54, 1.807) is 25.1 Å². The van der Waals surface area contributed by atoms with Gasteiger partial charge in [0.2, 0.25) is 0 Å². The van der Waals surface area contributed by atoms with Gasteiger partial charge in [-0.25, -0.2) is 8.78 Å². The van der Waals surface area contributed by atoms with Crippen molar-refractivity contribution in [2.45, 2.75) is 13.0 Å². The molecule has 8 heteroatoms.